The highest BCUT2D eigenvalue weighted by Crippen LogP contribution is 2.38. The third-order valence-electron chi connectivity index (χ3n) is 13.2. The SMILES string of the molecule is COCOCC[C@H]1O[C@H](Cn2cc([C@H]3O[C@H](C)[C@@H](OCc4ccccc4)[C@H](OCc4ccccc4)[C@@H]3OCc3ccccc3)nn2)[C@@H](OCc2ccccc2)[C@H](OCc2ccccc2)[C@@H]1OCc1ccccc1. The summed E-state index contributed by atoms with van der Waals surface area (Å²) in [5, 5.41) is 9.59. The van der Waals surface area contributed by atoms with Gasteiger partial charge in [-0.15, -0.1) is 5.10 Å². The Kier molecular flexibility index (Phi) is 19.5. The van der Waals surface area contributed by atoms with Gasteiger partial charge in [0.25, 0.3) is 0 Å². The van der Waals surface area contributed by atoms with Crippen LogP contribution in [0.4, 0.5) is 0 Å². The number of ether oxygens (including phenoxy) is 10. The maximum atomic E-state index is 7.17. The molecule has 0 N–H and O–H groups in total. The molecule has 2 aliphatic rings. The van der Waals surface area contributed by atoms with Gasteiger partial charge in [0.05, 0.1) is 71.2 Å². The second-order valence-corrected chi connectivity index (χ2v) is 18.5. The lowest BCUT2D eigenvalue weighted by Gasteiger charge is -2.46. The minimum atomic E-state index is -0.675. The summed E-state index contributed by atoms with van der Waals surface area (Å²) in [6.07, 6.45) is -3.10. The van der Waals surface area contributed by atoms with E-state index in [4.69, 9.17) is 57.7 Å². The van der Waals surface area contributed by atoms with Crippen LogP contribution in [0, 0.1) is 0 Å². The average molecular weight is 990 g/mol. The van der Waals surface area contributed by atoms with Crippen molar-refractivity contribution in [1.82, 2.24) is 15.0 Å². The Hall–Kier alpha value is -5.94. The molecular formula is C60H67N3O10. The van der Waals surface area contributed by atoms with Gasteiger partial charge >= 0.3 is 0 Å². The summed E-state index contributed by atoms with van der Waals surface area (Å²) in [7, 11) is 1.61. The van der Waals surface area contributed by atoms with Crippen LogP contribution in [-0.4, -0.2) is 90.4 Å². The van der Waals surface area contributed by atoms with Gasteiger partial charge in [0.15, 0.2) is 0 Å². The van der Waals surface area contributed by atoms with E-state index in [2.05, 4.69) is 60.7 Å². The molecule has 6 aromatic carbocycles. The molecule has 2 fully saturated rings. The summed E-state index contributed by atoms with van der Waals surface area (Å²) in [5.41, 5.74) is 6.76. The van der Waals surface area contributed by atoms with E-state index in [-0.39, 0.29) is 13.3 Å². The summed E-state index contributed by atoms with van der Waals surface area (Å²) in [6.45, 7) is 4.85. The number of methoxy groups -OCH3 is 1. The number of hydrogen-bond acceptors (Lipinski definition) is 12. The quantitative estimate of drug-likeness (QED) is 0.0379. The summed E-state index contributed by atoms with van der Waals surface area (Å²) in [5.74, 6) is 0. The van der Waals surface area contributed by atoms with Gasteiger partial charge in [0.2, 0.25) is 0 Å². The second kappa shape index (κ2) is 27.4. The number of hydrogen-bond donors (Lipinski definition) is 0. The number of benzene rings is 6. The fraction of sp³-hybridized carbons (Fsp3) is 0.367. The molecule has 0 radical (unpaired) electrons. The molecule has 73 heavy (non-hydrogen) atoms. The first-order chi connectivity index (χ1) is 36.1. The zero-order valence-electron chi connectivity index (χ0n) is 41.7. The van der Waals surface area contributed by atoms with Crippen molar-refractivity contribution in [2.45, 2.75) is 121 Å². The van der Waals surface area contributed by atoms with E-state index in [1.54, 1.807) is 11.8 Å². The van der Waals surface area contributed by atoms with Crippen molar-refractivity contribution in [3.8, 4) is 0 Å². The van der Waals surface area contributed by atoms with Crippen molar-refractivity contribution in [3.05, 3.63) is 227 Å². The molecule has 10 atom stereocenters. The van der Waals surface area contributed by atoms with Gasteiger partial charge in [0.1, 0.15) is 61.3 Å². The van der Waals surface area contributed by atoms with Crippen molar-refractivity contribution in [3.63, 3.8) is 0 Å². The minimum Gasteiger partial charge on any atom is -0.368 e. The summed E-state index contributed by atoms with van der Waals surface area (Å²) < 4.78 is 68.5. The first kappa shape index (κ1) is 51.9. The van der Waals surface area contributed by atoms with Gasteiger partial charge in [-0.3, -0.25) is 0 Å². The largest absolute Gasteiger partial charge is 0.368 e. The lowest BCUT2D eigenvalue weighted by atomic mass is 9.92. The van der Waals surface area contributed by atoms with Gasteiger partial charge in [-0.05, 0) is 46.7 Å². The van der Waals surface area contributed by atoms with Crippen molar-refractivity contribution in [2.24, 2.45) is 0 Å². The first-order valence-electron chi connectivity index (χ1n) is 25.3. The fourth-order valence-electron chi connectivity index (χ4n) is 9.47. The van der Waals surface area contributed by atoms with Gasteiger partial charge in [-0.2, -0.15) is 0 Å². The van der Waals surface area contributed by atoms with E-state index in [0.717, 1.165) is 33.4 Å². The lowest BCUT2D eigenvalue weighted by molar-refractivity contribution is -0.270. The van der Waals surface area contributed by atoms with Gasteiger partial charge < -0.3 is 47.4 Å². The summed E-state index contributed by atoms with van der Waals surface area (Å²) in [6, 6.07) is 60.8. The van der Waals surface area contributed by atoms with Crippen LogP contribution in [-0.2, 0) is 93.6 Å². The Labute approximate surface area is 429 Å². The van der Waals surface area contributed by atoms with Crippen LogP contribution in [0.1, 0.15) is 58.5 Å². The topological polar surface area (TPSA) is 123 Å². The third-order valence-corrected chi connectivity index (χ3v) is 13.2. The maximum Gasteiger partial charge on any atom is 0.146 e. The molecule has 0 amide bonds. The lowest BCUT2D eigenvalue weighted by Crippen LogP contribution is -2.61. The smallest absolute Gasteiger partial charge is 0.146 e. The molecule has 1 aromatic heterocycles. The maximum absolute atomic E-state index is 7.17. The molecule has 2 saturated heterocycles. The number of aromatic nitrogens is 3. The number of nitrogens with zero attached hydrogens (tertiary/aromatic N) is 3. The summed E-state index contributed by atoms with van der Waals surface area (Å²) in [4.78, 5) is 0. The Balaban J connectivity index is 1.03. The van der Waals surface area contributed by atoms with Crippen LogP contribution < -0.4 is 0 Å². The van der Waals surface area contributed by atoms with Gasteiger partial charge in [-0.25, -0.2) is 4.68 Å². The number of rotatable bonds is 26. The van der Waals surface area contributed by atoms with Crippen LogP contribution in [0.5, 0.6) is 0 Å². The molecule has 0 spiro atoms. The van der Waals surface area contributed by atoms with E-state index in [1.165, 1.54) is 0 Å². The van der Waals surface area contributed by atoms with Gasteiger partial charge in [-0.1, -0.05) is 187 Å². The van der Waals surface area contributed by atoms with Crippen LogP contribution in [0.15, 0.2) is 188 Å². The highest BCUT2D eigenvalue weighted by molar-refractivity contribution is 5.19. The molecule has 0 saturated carbocycles. The normalized spacial score (nSPS) is 24.1. The zero-order chi connectivity index (χ0) is 49.9. The van der Waals surface area contributed by atoms with E-state index < -0.39 is 61.0 Å². The summed E-state index contributed by atoms with van der Waals surface area (Å²) >= 11 is 0. The van der Waals surface area contributed by atoms with E-state index in [1.807, 2.05) is 134 Å². The van der Waals surface area contributed by atoms with Crippen LogP contribution in [0.2, 0.25) is 0 Å². The van der Waals surface area contributed by atoms with Gasteiger partial charge in [0, 0.05) is 7.11 Å². The fourth-order valence-corrected chi connectivity index (χ4v) is 9.47. The Bertz CT molecular complexity index is 2600. The van der Waals surface area contributed by atoms with Crippen LogP contribution in [0.3, 0.4) is 0 Å². The molecule has 382 valence electrons. The third kappa shape index (κ3) is 14.9. The molecule has 7 aromatic rings. The van der Waals surface area contributed by atoms with Crippen LogP contribution in [0.25, 0.3) is 0 Å². The molecule has 0 bridgehead atoms. The second-order valence-electron chi connectivity index (χ2n) is 18.5. The average Bonchev–Trinajstić information content (AvgIpc) is 3.91. The van der Waals surface area contributed by atoms with Crippen molar-refractivity contribution in [2.75, 3.05) is 20.5 Å². The minimum absolute atomic E-state index is 0.153. The molecule has 0 aliphatic carbocycles. The predicted molar refractivity (Wildman–Crippen MR) is 275 cm³/mol. The molecule has 9 rings (SSSR count). The molecule has 13 nitrogen and oxygen atoms in total. The van der Waals surface area contributed by atoms with E-state index in [0.29, 0.717) is 58.4 Å². The van der Waals surface area contributed by atoms with Crippen LogP contribution >= 0.6 is 0 Å². The Morgan fingerprint density at radius 2 is 0.808 bits per heavy atom. The molecular weight excluding hydrogens is 923 g/mol. The highest BCUT2D eigenvalue weighted by atomic mass is 16.7. The molecule has 0 unspecified atom stereocenters. The Morgan fingerprint density at radius 3 is 1.23 bits per heavy atom. The predicted octanol–water partition coefficient (Wildman–Crippen LogP) is 10.0. The highest BCUT2D eigenvalue weighted by Gasteiger charge is 2.50. The monoisotopic (exact) mass is 989 g/mol. The van der Waals surface area contributed by atoms with E-state index in [9.17, 15) is 0 Å². The molecule has 13 heteroatoms. The zero-order valence-corrected chi connectivity index (χ0v) is 41.7. The van der Waals surface area contributed by atoms with Crippen molar-refractivity contribution >= 4 is 0 Å². The first-order valence-corrected chi connectivity index (χ1v) is 25.3. The van der Waals surface area contributed by atoms with Crippen molar-refractivity contribution in [1.29, 1.82) is 0 Å². The van der Waals surface area contributed by atoms with Crippen molar-refractivity contribution < 1.29 is 47.4 Å². The molecule has 3 heterocycles. The van der Waals surface area contributed by atoms with E-state index >= 15 is 0 Å². The Morgan fingerprint density at radius 1 is 0.438 bits per heavy atom. The molecule has 2 aliphatic heterocycles. The standard InChI is InChI=1S/C60H67N3O10/c1-44-54(66-37-45-21-9-3-10-22-45)58(69-40-48-27-15-6-16-28-48)59(70-41-49-29-17-7-18-30-49)55(72-44)51-35-63(62-61-51)36-53-57(68-39-47-25-13-5-14-26-47)60(71-42-50-31-19-8-20-32-50)56(52(73-53)33-34-65-43-64-2)67-38-46-23-11-4-12-24-46/h3-32,35,44,52-60H,33-34,36-43H2,1-2H3/t44-,52-,53-,54-,55-,56-,57-,58+,59-,60-/m1/s1.